The van der Waals surface area contributed by atoms with E-state index < -0.39 is 5.41 Å². The van der Waals surface area contributed by atoms with Crippen LogP contribution in [0, 0.1) is 0 Å². The molecule has 2 saturated heterocycles. The van der Waals surface area contributed by atoms with Crippen LogP contribution in [0.25, 0.3) is 0 Å². The van der Waals surface area contributed by atoms with E-state index in [4.69, 9.17) is 9.47 Å². The molecule has 8 nitrogen and oxygen atoms in total. The van der Waals surface area contributed by atoms with Crippen LogP contribution in [-0.4, -0.2) is 71.5 Å². The zero-order valence-electron chi connectivity index (χ0n) is 20.2. The van der Waals surface area contributed by atoms with E-state index in [1.54, 1.807) is 29.4 Å². The standard InChI is InChI=1S/C27H33N3O5/c1-2-29(20-23-12-7-15-35-23)24(31)17-27(21-9-4-3-5-10-21)18-25(32)30(26(27)33)14-8-16-34-22-11-6-13-28-19-22/h3-6,9-11,13,19,23H,2,7-8,12,14-18,20H2,1H3/t23-,27-/m1/s1. The molecule has 0 bridgehead atoms. The van der Waals surface area contributed by atoms with Gasteiger partial charge in [-0.05, 0) is 43.9 Å². The van der Waals surface area contributed by atoms with Gasteiger partial charge in [-0.2, -0.15) is 0 Å². The van der Waals surface area contributed by atoms with Crippen LogP contribution in [0.15, 0.2) is 54.9 Å². The minimum atomic E-state index is -1.19. The highest BCUT2D eigenvalue weighted by molar-refractivity contribution is 6.10. The second kappa shape index (κ2) is 11.4. The van der Waals surface area contributed by atoms with Crippen LogP contribution in [0.5, 0.6) is 5.75 Å². The van der Waals surface area contributed by atoms with E-state index in [1.807, 2.05) is 37.3 Å². The number of imide groups is 1. The van der Waals surface area contributed by atoms with Crippen molar-refractivity contribution < 1.29 is 23.9 Å². The maximum absolute atomic E-state index is 13.8. The van der Waals surface area contributed by atoms with E-state index in [0.717, 1.165) is 19.4 Å². The zero-order chi connectivity index (χ0) is 24.7. The monoisotopic (exact) mass is 479 g/mol. The van der Waals surface area contributed by atoms with Gasteiger partial charge in [-0.3, -0.25) is 24.3 Å². The van der Waals surface area contributed by atoms with Crippen molar-refractivity contribution in [2.24, 2.45) is 0 Å². The Bertz CT molecular complexity index is 1010. The maximum atomic E-state index is 13.8. The smallest absolute Gasteiger partial charge is 0.240 e. The van der Waals surface area contributed by atoms with Gasteiger partial charge in [-0.25, -0.2) is 0 Å². The van der Waals surface area contributed by atoms with Gasteiger partial charge in [0, 0.05) is 45.3 Å². The first-order valence-electron chi connectivity index (χ1n) is 12.4. The Morgan fingerprint density at radius 2 is 2.06 bits per heavy atom. The number of carbonyl (C=O) groups excluding carboxylic acids is 3. The molecule has 0 saturated carbocycles. The number of pyridine rings is 1. The van der Waals surface area contributed by atoms with Crippen molar-refractivity contribution in [3.63, 3.8) is 0 Å². The number of nitrogens with zero attached hydrogens (tertiary/aromatic N) is 3. The molecule has 186 valence electrons. The fourth-order valence-electron chi connectivity index (χ4n) is 4.91. The van der Waals surface area contributed by atoms with Gasteiger partial charge in [0.1, 0.15) is 5.75 Å². The number of ether oxygens (including phenoxy) is 2. The lowest BCUT2D eigenvalue weighted by atomic mass is 9.75. The maximum Gasteiger partial charge on any atom is 0.240 e. The first-order valence-corrected chi connectivity index (χ1v) is 12.4. The lowest BCUT2D eigenvalue weighted by molar-refractivity contribution is -0.143. The summed E-state index contributed by atoms with van der Waals surface area (Å²) in [6, 6.07) is 12.8. The molecule has 3 heterocycles. The summed E-state index contributed by atoms with van der Waals surface area (Å²) in [7, 11) is 0. The largest absolute Gasteiger partial charge is 0.492 e. The predicted octanol–water partition coefficient (Wildman–Crippen LogP) is 2.97. The van der Waals surface area contributed by atoms with Crippen LogP contribution in [0.2, 0.25) is 0 Å². The Morgan fingerprint density at radius 3 is 2.74 bits per heavy atom. The average molecular weight is 480 g/mol. The molecule has 4 rings (SSSR count). The minimum Gasteiger partial charge on any atom is -0.492 e. The molecule has 2 fully saturated rings. The van der Waals surface area contributed by atoms with Crippen molar-refractivity contribution >= 4 is 17.7 Å². The highest BCUT2D eigenvalue weighted by atomic mass is 16.5. The van der Waals surface area contributed by atoms with Crippen molar-refractivity contribution in [3.8, 4) is 5.75 Å². The zero-order valence-corrected chi connectivity index (χ0v) is 20.2. The van der Waals surface area contributed by atoms with Crippen LogP contribution < -0.4 is 4.74 Å². The first kappa shape index (κ1) is 24.9. The highest BCUT2D eigenvalue weighted by Crippen LogP contribution is 2.40. The molecule has 2 atom stereocenters. The quantitative estimate of drug-likeness (QED) is 0.364. The van der Waals surface area contributed by atoms with Gasteiger partial charge in [0.25, 0.3) is 0 Å². The Balaban J connectivity index is 1.47. The van der Waals surface area contributed by atoms with Crippen molar-refractivity contribution in [2.45, 2.75) is 50.5 Å². The number of carbonyl (C=O) groups is 3. The van der Waals surface area contributed by atoms with E-state index in [0.29, 0.717) is 37.4 Å². The third-order valence-corrected chi connectivity index (χ3v) is 6.80. The molecular formula is C27H33N3O5. The van der Waals surface area contributed by atoms with Crippen LogP contribution in [0.3, 0.4) is 0 Å². The predicted molar refractivity (Wildman–Crippen MR) is 130 cm³/mol. The van der Waals surface area contributed by atoms with Gasteiger partial charge in [0.05, 0.1) is 24.3 Å². The first-order chi connectivity index (χ1) is 17.0. The third kappa shape index (κ3) is 5.70. The van der Waals surface area contributed by atoms with E-state index in [1.165, 1.54) is 4.90 Å². The summed E-state index contributed by atoms with van der Waals surface area (Å²) in [5.74, 6) is -0.0525. The normalized spacial score (nSPS) is 22.0. The number of amides is 3. The molecule has 2 aromatic rings. The molecule has 0 radical (unpaired) electrons. The topological polar surface area (TPSA) is 89.0 Å². The Kier molecular flexibility index (Phi) is 8.13. The summed E-state index contributed by atoms with van der Waals surface area (Å²) in [5.41, 5.74) is -0.488. The van der Waals surface area contributed by atoms with Crippen LogP contribution in [-0.2, 0) is 24.5 Å². The summed E-state index contributed by atoms with van der Waals surface area (Å²) in [6.07, 6.45) is 5.69. The number of hydrogen-bond donors (Lipinski definition) is 0. The summed E-state index contributed by atoms with van der Waals surface area (Å²) in [6.45, 7) is 4.28. The summed E-state index contributed by atoms with van der Waals surface area (Å²) in [5, 5.41) is 0. The SMILES string of the molecule is CCN(C[C@H]1CCCO1)C(=O)C[C@]1(c2ccccc2)CC(=O)N(CCCOc2cccnc2)C1=O. The molecule has 2 aliphatic heterocycles. The summed E-state index contributed by atoms with van der Waals surface area (Å²) in [4.78, 5) is 47.3. The molecule has 35 heavy (non-hydrogen) atoms. The van der Waals surface area contributed by atoms with E-state index in [-0.39, 0.29) is 43.2 Å². The number of benzene rings is 1. The fourth-order valence-corrected chi connectivity index (χ4v) is 4.91. The van der Waals surface area contributed by atoms with Gasteiger partial charge in [0.2, 0.25) is 17.7 Å². The van der Waals surface area contributed by atoms with Crippen molar-refractivity contribution in [1.29, 1.82) is 0 Å². The van der Waals surface area contributed by atoms with Crippen LogP contribution in [0.1, 0.15) is 44.6 Å². The van der Waals surface area contributed by atoms with Gasteiger partial charge in [0.15, 0.2) is 0 Å². The van der Waals surface area contributed by atoms with Crippen LogP contribution in [0.4, 0.5) is 0 Å². The number of likely N-dealkylation sites (N-methyl/N-ethyl adjacent to an activating group) is 1. The Labute approximate surface area is 206 Å². The van der Waals surface area contributed by atoms with Gasteiger partial charge < -0.3 is 14.4 Å². The average Bonchev–Trinajstić information content (AvgIpc) is 3.48. The number of rotatable bonds is 11. The Hall–Kier alpha value is -3.26. The van der Waals surface area contributed by atoms with E-state index in [2.05, 4.69) is 4.98 Å². The molecule has 0 aliphatic carbocycles. The van der Waals surface area contributed by atoms with Crippen molar-refractivity contribution in [3.05, 3.63) is 60.4 Å². The molecule has 0 spiro atoms. The second-order valence-electron chi connectivity index (χ2n) is 9.11. The fraction of sp³-hybridized carbons (Fsp3) is 0.481. The molecular weight excluding hydrogens is 446 g/mol. The van der Waals surface area contributed by atoms with E-state index in [9.17, 15) is 14.4 Å². The van der Waals surface area contributed by atoms with Crippen molar-refractivity contribution in [1.82, 2.24) is 14.8 Å². The van der Waals surface area contributed by atoms with Crippen molar-refractivity contribution in [2.75, 3.05) is 32.8 Å². The van der Waals surface area contributed by atoms with Gasteiger partial charge in [-0.15, -0.1) is 0 Å². The highest BCUT2D eigenvalue weighted by Gasteiger charge is 2.53. The molecule has 0 unspecified atom stereocenters. The second-order valence-corrected chi connectivity index (χ2v) is 9.11. The molecule has 1 aromatic carbocycles. The lowest BCUT2D eigenvalue weighted by Crippen LogP contribution is -2.45. The van der Waals surface area contributed by atoms with Gasteiger partial charge in [-0.1, -0.05) is 30.3 Å². The molecule has 3 amide bonds. The molecule has 1 aromatic heterocycles. The number of likely N-dealkylation sites (tertiary alicyclic amines) is 1. The molecule has 2 aliphatic rings. The number of hydrogen-bond acceptors (Lipinski definition) is 6. The lowest BCUT2D eigenvalue weighted by Gasteiger charge is -2.31. The number of aromatic nitrogens is 1. The third-order valence-electron chi connectivity index (χ3n) is 6.80. The summed E-state index contributed by atoms with van der Waals surface area (Å²) < 4.78 is 11.4. The molecule has 0 N–H and O–H groups in total. The summed E-state index contributed by atoms with van der Waals surface area (Å²) >= 11 is 0. The molecule has 8 heteroatoms. The van der Waals surface area contributed by atoms with Gasteiger partial charge >= 0.3 is 0 Å². The van der Waals surface area contributed by atoms with Crippen LogP contribution >= 0.6 is 0 Å². The Morgan fingerprint density at radius 1 is 1.23 bits per heavy atom. The van der Waals surface area contributed by atoms with E-state index >= 15 is 0 Å². The minimum absolute atomic E-state index is 0.0114.